The largest absolute Gasteiger partial charge is 0.447 e. The lowest BCUT2D eigenvalue weighted by Crippen LogP contribution is -2.18. The molecule has 0 bridgehead atoms. The van der Waals surface area contributed by atoms with Crippen molar-refractivity contribution in [1.82, 2.24) is 25.0 Å². The van der Waals surface area contributed by atoms with Crippen molar-refractivity contribution in [3.63, 3.8) is 0 Å². The normalized spacial score (nSPS) is 14.7. The summed E-state index contributed by atoms with van der Waals surface area (Å²) in [5.74, 6) is 1.23. The van der Waals surface area contributed by atoms with Crippen molar-refractivity contribution in [3.8, 4) is 22.8 Å². The summed E-state index contributed by atoms with van der Waals surface area (Å²) in [5.41, 5.74) is 4.61. The quantitative estimate of drug-likeness (QED) is 0.322. The molecule has 0 fully saturated rings. The molecule has 2 aromatic carbocycles. The van der Waals surface area contributed by atoms with Crippen molar-refractivity contribution in [3.05, 3.63) is 69.4 Å². The molecule has 32 heavy (non-hydrogen) atoms. The van der Waals surface area contributed by atoms with Crippen LogP contribution in [0.4, 0.5) is 5.69 Å². The van der Waals surface area contributed by atoms with Crippen LogP contribution in [0.1, 0.15) is 24.4 Å². The molecule has 0 radical (unpaired) electrons. The number of ether oxygens (including phenoxy) is 1. The molecule has 2 aromatic heterocycles. The highest BCUT2D eigenvalue weighted by molar-refractivity contribution is 9.10. The molecule has 1 N–H and O–H groups in total. The molecule has 7 nitrogen and oxygen atoms in total. The maximum absolute atomic E-state index is 6.83. The number of fused-ring (bicyclic) bond motifs is 3. The molecule has 1 aliphatic heterocycles. The van der Waals surface area contributed by atoms with Crippen molar-refractivity contribution >= 4 is 45.0 Å². The van der Waals surface area contributed by atoms with Gasteiger partial charge >= 0.3 is 0 Å². The second-order valence-electron chi connectivity index (χ2n) is 7.05. The number of anilines is 1. The monoisotopic (exact) mass is 528 g/mol. The van der Waals surface area contributed by atoms with E-state index in [1.165, 1.54) is 11.8 Å². The van der Waals surface area contributed by atoms with E-state index in [1.807, 2.05) is 62.4 Å². The first-order valence-corrected chi connectivity index (χ1v) is 12.1. The predicted molar refractivity (Wildman–Crippen MR) is 130 cm³/mol. The number of hydrogen-bond acceptors (Lipinski definition) is 7. The van der Waals surface area contributed by atoms with Crippen LogP contribution < -0.4 is 10.1 Å². The number of rotatable bonds is 4. The van der Waals surface area contributed by atoms with Crippen molar-refractivity contribution in [2.45, 2.75) is 25.2 Å². The molecule has 4 aromatic rings. The van der Waals surface area contributed by atoms with Gasteiger partial charge in [0.15, 0.2) is 5.69 Å². The SMILES string of the molecule is CCSc1nnc2c(n1)O[C@H](c1c(C)nn(-c3ccccc3)c1Cl)Nc1ccc(Br)cc1-2. The van der Waals surface area contributed by atoms with Crippen molar-refractivity contribution in [2.75, 3.05) is 11.1 Å². The van der Waals surface area contributed by atoms with E-state index < -0.39 is 6.23 Å². The third-order valence-electron chi connectivity index (χ3n) is 4.97. The molecule has 1 aliphatic rings. The Hall–Kier alpha value is -2.62. The number of benzene rings is 2. The van der Waals surface area contributed by atoms with E-state index in [-0.39, 0.29) is 0 Å². The van der Waals surface area contributed by atoms with Gasteiger partial charge in [0.05, 0.1) is 16.9 Å². The lowest BCUT2D eigenvalue weighted by Gasteiger charge is -2.19. The van der Waals surface area contributed by atoms with Crippen LogP contribution in [0.5, 0.6) is 5.88 Å². The summed E-state index contributed by atoms with van der Waals surface area (Å²) < 4.78 is 9.00. The van der Waals surface area contributed by atoms with Gasteiger partial charge in [-0.1, -0.05) is 64.4 Å². The van der Waals surface area contributed by atoms with E-state index in [0.29, 0.717) is 21.9 Å². The number of nitrogens with one attached hydrogen (secondary N) is 1. The zero-order chi connectivity index (χ0) is 22.2. The Kier molecular flexibility index (Phi) is 5.79. The third kappa shape index (κ3) is 3.85. The minimum atomic E-state index is -0.614. The van der Waals surface area contributed by atoms with Gasteiger partial charge in [0.2, 0.25) is 17.3 Å². The van der Waals surface area contributed by atoms with Crippen molar-refractivity contribution in [1.29, 1.82) is 0 Å². The van der Waals surface area contributed by atoms with Gasteiger partial charge in [0.1, 0.15) is 5.15 Å². The van der Waals surface area contributed by atoms with Crippen LogP contribution in [0.25, 0.3) is 16.9 Å². The van der Waals surface area contributed by atoms with Crippen LogP contribution in [0.3, 0.4) is 0 Å². The fraction of sp³-hybridized carbons (Fsp3) is 0.182. The van der Waals surface area contributed by atoms with Gasteiger partial charge in [-0.15, -0.1) is 10.2 Å². The Labute approximate surface area is 202 Å². The molecule has 0 amide bonds. The van der Waals surface area contributed by atoms with Gasteiger partial charge < -0.3 is 10.1 Å². The third-order valence-corrected chi connectivity index (χ3v) is 6.55. The molecule has 0 aliphatic carbocycles. The zero-order valence-corrected chi connectivity index (χ0v) is 20.4. The molecule has 0 unspecified atom stereocenters. The summed E-state index contributed by atoms with van der Waals surface area (Å²) in [6.45, 7) is 3.95. The molecule has 1 atom stereocenters. The molecular formula is C22H18BrClN6OS. The molecule has 162 valence electrons. The number of aromatic nitrogens is 5. The minimum Gasteiger partial charge on any atom is -0.447 e. The summed E-state index contributed by atoms with van der Waals surface area (Å²) in [6, 6.07) is 15.6. The molecule has 3 heterocycles. The van der Waals surface area contributed by atoms with Gasteiger partial charge in [0, 0.05) is 15.7 Å². The Bertz CT molecular complexity index is 1300. The first-order chi connectivity index (χ1) is 15.5. The van der Waals surface area contributed by atoms with Crippen LogP contribution in [-0.2, 0) is 0 Å². The van der Waals surface area contributed by atoms with Gasteiger partial charge in [0.25, 0.3) is 0 Å². The van der Waals surface area contributed by atoms with E-state index in [2.05, 4.69) is 41.5 Å². The highest BCUT2D eigenvalue weighted by Gasteiger charge is 2.31. The summed E-state index contributed by atoms with van der Waals surface area (Å²) in [6.07, 6.45) is -0.614. The molecule has 10 heteroatoms. The lowest BCUT2D eigenvalue weighted by molar-refractivity contribution is 0.224. The minimum absolute atomic E-state index is 0.397. The fourth-order valence-electron chi connectivity index (χ4n) is 3.54. The number of halogens is 2. The van der Waals surface area contributed by atoms with E-state index in [0.717, 1.165) is 38.4 Å². The molecule has 5 rings (SSSR count). The number of hydrogen-bond donors (Lipinski definition) is 1. The van der Waals surface area contributed by atoms with Crippen molar-refractivity contribution < 1.29 is 4.74 Å². The van der Waals surface area contributed by atoms with E-state index in [4.69, 9.17) is 16.3 Å². The summed E-state index contributed by atoms with van der Waals surface area (Å²) in [5, 5.41) is 17.8. The number of para-hydroxylation sites is 1. The summed E-state index contributed by atoms with van der Waals surface area (Å²) >= 11 is 11.9. The summed E-state index contributed by atoms with van der Waals surface area (Å²) in [4.78, 5) is 4.63. The molecule has 0 saturated carbocycles. The van der Waals surface area contributed by atoms with E-state index in [1.54, 1.807) is 4.68 Å². The van der Waals surface area contributed by atoms with E-state index >= 15 is 0 Å². The maximum atomic E-state index is 6.83. The first kappa shape index (κ1) is 21.2. The lowest BCUT2D eigenvalue weighted by atomic mass is 10.1. The Morgan fingerprint density at radius 3 is 2.78 bits per heavy atom. The smallest absolute Gasteiger partial charge is 0.247 e. The van der Waals surface area contributed by atoms with Crippen LogP contribution in [-0.4, -0.2) is 30.7 Å². The number of thioether (sulfide) groups is 1. The average molecular weight is 530 g/mol. The number of aryl methyl sites for hydroxylation is 1. The highest BCUT2D eigenvalue weighted by Crippen LogP contribution is 2.42. The summed E-state index contributed by atoms with van der Waals surface area (Å²) in [7, 11) is 0. The van der Waals surface area contributed by atoms with Crippen molar-refractivity contribution in [2.24, 2.45) is 0 Å². The highest BCUT2D eigenvalue weighted by atomic mass is 79.9. The Balaban J connectivity index is 1.65. The molecule has 0 spiro atoms. The van der Waals surface area contributed by atoms with Gasteiger partial charge in [-0.3, -0.25) is 0 Å². The fourth-order valence-corrected chi connectivity index (χ4v) is 4.78. The van der Waals surface area contributed by atoms with Crippen LogP contribution >= 0.6 is 39.3 Å². The predicted octanol–water partition coefficient (Wildman–Crippen LogP) is 6.06. The Morgan fingerprint density at radius 2 is 2.00 bits per heavy atom. The van der Waals surface area contributed by atoms with E-state index in [9.17, 15) is 0 Å². The molecule has 0 saturated heterocycles. The first-order valence-electron chi connectivity index (χ1n) is 9.96. The maximum Gasteiger partial charge on any atom is 0.247 e. The Morgan fingerprint density at radius 1 is 1.19 bits per heavy atom. The van der Waals surface area contributed by atoms with Crippen LogP contribution in [0.2, 0.25) is 5.15 Å². The van der Waals surface area contributed by atoms with Crippen LogP contribution in [0.15, 0.2) is 58.2 Å². The zero-order valence-electron chi connectivity index (χ0n) is 17.2. The van der Waals surface area contributed by atoms with Gasteiger partial charge in [-0.25, -0.2) is 4.68 Å². The number of nitrogens with zero attached hydrogens (tertiary/aromatic N) is 5. The topological polar surface area (TPSA) is 77.8 Å². The van der Waals surface area contributed by atoms with Gasteiger partial charge in [-0.05, 0) is 43.0 Å². The van der Waals surface area contributed by atoms with Crippen LogP contribution in [0, 0.1) is 6.92 Å². The average Bonchev–Trinajstić information content (AvgIpc) is 3.00. The molecular weight excluding hydrogens is 512 g/mol. The standard InChI is InChI=1S/C22H18BrClN6OS/c1-3-32-22-26-21-18(27-28-22)15-11-13(23)9-10-16(15)25-20(31-21)17-12(2)29-30(19(17)24)14-7-5-4-6-8-14/h4-11,20,25H,3H2,1-2H3/t20-/m1/s1. The second kappa shape index (κ2) is 8.73. The van der Waals surface area contributed by atoms with Gasteiger partial charge in [-0.2, -0.15) is 10.1 Å². The second-order valence-corrected chi connectivity index (χ2v) is 9.56.